The lowest BCUT2D eigenvalue weighted by Gasteiger charge is -2.28. The Hall–Kier alpha value is -1.88. The molecule has 1 atom stereocenters. The molecule has 0 bridgehead atoms. The maximum Gasteiger partial charge on any atom is 0.254 e. The fourth-order valence-corrected chi connectivity index (χ4v) is 4.04. The number of carbonyl (C=O) groups is 2. The van der Waals surface area contributed by atoms with E-state index in [1.165, 1.54) is 25.9 Å². The van der Waals surface area contributed by atoms with Crippen LogP contribution in [0.15, 0.2) is 24.3 Å². The van der Waals surface area contributed by atoms with Gasteiger partial charge < -0.3 is 15.1 Å². The summed E-state index contributed by atoms with van der Waals surface area (Å²) in [4.78, 5) is 29.5. The van der Waals surface area contributed by atoms with Gasteiger partial charge in [0.05, 0.1) is 0 Å². The van der Waals surface area contributed by atoms with E-state index in [0.29, 0.717) is 11.6 Å². The number of benzene rings is 1. The molecule has 5 nitrogen and oxygen atoms in total. The molecule has 1 aliphatic carbocycles. The Balaban J connectivity index is 1.42. The summed E-state index contributed by atoms with van der Waals surface area (Å²) in [6.45, 7) is 4.18. The third-order valence-corrected chi connectivity index (χ3v) is 5.63. The minimum Gasteiger partial charge on any atom is -0.334 e. The molecule has 134 valence electrons. The van der Waals surface area contributed by atoms with Gasteiger partial charge in [-0.15, -0.1) is 0 Å². The summed E-state index contributed by atoms with van der Waals surface area (Å²) in [7, 11) is 0. The lowest BCUT2D eigenvalue weighted by molar-refractivity contribution is -0.117. The van der Waals surface area contributed by atoms with Crippen molar-refractivity contribution in [1.29, 1.82) is 0 Å². The van der Waals surface area contributed by atoms with Crippen LogP contribution in [-0.2, 0) is 4.79 Å². The Morgan fingerprint density at radius 1 is 1.04 bits per heavy atom. The molecule has 0 aromatic heterocycles. The van der Waals surface area contributed by atoms with Crippen molar-refractivity contribution in [2.45, 2.75) is 44.6 Å². The van der Waals surface area contributed by atoms with Crippen molar-refractivity contribution in [2.24, 2.45) is 5.92 Å². The lowest BCUT2D eigenvalue weighted by atomic mass is 10.1. The monoisotopic (exact) mass is 341 g/mol. The molecule has 25 heavy (non-hydrogen) atoms. The van der Waals surface area contributed by atoms with Gasteiger partial charge in [-0.25, -0.2) is 0 Å². The molecule has 5 heteroatoms. The van der Waals surface area contributed by atoms with Crippen LogP contribution in [0.5, 0.6) is 0 Å². The van der Waals surface area contributed by atoms with E-state index in [0.717, 1.165) is 44.5 Å². The van der Waals surface area contributed by atoms with Gasteiger partial charge in [0.2, 0.25) is 5.91 Å². The zero-order valence-corrected chi connectivity index (χ0v) is 14.7. The van der Waals surface area contributed by atoms with Crippen molar-refractivity contribution in [2.75, 3.05) is 31.5 Å². The first-order chi connectivity index (χ1) is 12.2. The standard InChI is InChI=1S/C20H27N3O2/c24-19(15-8-9-15)21-17-6-3-5-16(13-17)20(25)23-12-4-7-18(23)14-22-10-1-2-11-22/h3,5-6,13,15,18H,1-2,4,7-12,14H2,(H,21,24)/t18-/m0/s1. The average molecular weight is 341 g/mol. The second-order valence-electron chi connectivity index (χ2n) is 7.65. The molecule has 2 amide bonds. The van der Waals surface area contributed by atoms with Crippen molar-refractivity contribution in [3.8, 4) is 0 Å². The van der Waals surface area contributed by atoms with Crippen LogP contribution in [-0.4, -0.2) is 53.8 Å². The summed E-state index contributed by atoms with van der Waals surface area (Å²) in [5.41, 5.74) is 1.42. The number of nitrogens with one attached hydrogen (secondary N) is 1. The van der Waals surface area contributed by atoms with Crippen molar-refractivity contribution >= 4 is 17.5 Å². The number of rotatable bonds is 5. The molecular formula is C20H27N3O2. The average Bonchev–Trinajstić information content (AvgIpc) is 3.17. The van der Waals surface area contributed by atoms with Gasteiger partial charge in [0.15, 0.2) is 0 Å². The molecule has 0 spiro atoms. The van der Waals surface area contributed by atoms with Gasteiger partial charge in [-0.2, -0.15) is 0 Å². The minimum absolute atomic E-state index is 0.0812. The maximum absolute atomic E-state index is 13.0. The van der Waals surface area contributed by atoms with E-state index >= 15 is 0 Å². The first-order valence-corrected chi connectivity index (χ1v) is 9.65. The number of anilines is 1. The molecule has 2 saturated heterocycles. The maximum atomic E-state index is 13.0. The number of carbonyl (C=O) groups excluding carboxylic acids is 2. The van der Waals surface area contributed by atoms with Crippen LogP contribution in [0.4, 0.5) is 5.69 Å². The highest BCUT2D eigenvalue weighted by molar-refractivity contribution is 5.98. The van der Waals surface area contributed by atoms with Crippen LogP contribution in [0.3, 0.4) is 0 Å². The molecule has 1 aromatic carbocycles. The minimum atomic E-state index is 0.0812. The molecular weight excluding hydrogens is 314 g/mol. The SMILES string of the molecule is O=C(Nc1cccc(C(=O)N2CCC[C@H]2CN2CCCC2)c1)C1CC1. The summed E-state index contributed by atoms with van der Waals surface area (Å²) in [5, 5.41) is 2.94. The van der Waals surface area contributed by atoms with Crippen LogP contribution in [0.2, 0.25) is 0 Å². The van der Waals surface area contributed by atoms with Crippen LogP contribution < -0.4 is 5.32 Å². The smallest absolute Gasteiger partial charge is 0.254 e. The first-order valence-electron chi connectivity index (χ1n) is 9.65. The van der Waals surface area contributed by atoms with Crippen LogP contribution in [0, 0.1) is 5.92 Å². The molecule has 2 heterocycles. The van der Waals surface area contributed by atoms with Crippen LogP contribution in [0.25, 0.3) is 0 Å². The Morgan fingerprint density at radius 2 is 1.84 bits per heavy atom. The number of nitrogens with zero attached hydrogens (tertiary/aromatic N) is 2. The largest absolute Gasteiger partial charge is 0.334 e. The van der Waals surface area contributed by atoms with Gasteiger partial charge in [0.1, 0.15) is 0 Å². The van der Waals surface area contributed by atoms with Gasteiger partial charge >= 0.3 is 0 Å². The topological polar surface area (TPSA) is 52.7 Å². The molecule has 3 fully saturated rings. The number of likely N-dealkylation sites (tertiary alicyclic amines) is 2. The highest BCUT2D eigenvalue weighted by Gasteiger charge is 2.32. The quantitative estimate of drug-likeness (QED) is 0.896. The Bertz CT molecular complexity index is 650. The molecule has 4 rings (SSSR count). The summed E-state index contributed by atoms with van der Waals surface area (Å²) >= 11 is 0. The normalized spacial score (nSPS) is 23.8. The van der Waals surface area contributed by atoms with E-state index in [1.54, 1.807) is 0 Å². The first kappa shape index (κ1) is 16.6. The second-order valence-corrected chi connectivity index (χ2v) is 7.65. The number of amides is 2. The molecule has 0 radical (unpaired) electrons. The molecule has 1 aromatic rings. The molecule has 0 unspecified atom stereocenters. The fourth-order valence-electron chi connectivity index (χ4n) is 4.04. The zero-order chi connectivity index (χ0) is 17.2. The lowest BCUT2D eigenvalue weighted by Crippen LogP contribution is -2.42. The summed E-state index contributed by atoms with van der Waals surface area (Å²) < 4.78 is 0. The van der Waals surface area contributed by atoms with E-state index < -0.39 is 0 Å². The predicted molar refractivity (Wildman–Crippen MR) is 97.5 cm³/mol. The fraction of sp³-hybridized carbons (Fsp3) is 0.600. The van der Waals surface area contributed by atoms with Gasteiger partial charge in [-0.05, 0) is 69.8 Å². The van der Waals surface area contributed by atoms with Crippen molar-refractivity contribution in [3.63, 3.8) is 0 Å². The van der Waals surface area contributed by atoms with E-state index in [1.807, 2.05) is 29.2 Å². The highest BCUT2D eigenvalue weighted by Crippen LogP contribution is 2.30. The van der Waals surface area contributed by atoms with Crippen LogP contribution in [0.1, 0.15) is 48.9 Å². The van der Waals surface area contributed by atoms with E-state index in [-0.39, 0.29) is 17.7 Å². The third kappa shape index (κ3) is 3.87. The highest BCUT2D eigenvalue weighted by atomic mass is 16.2. The van der Waals surface area contributed by atoms with Crippen molar-refractivity contribution in [1.82, 2.24) is 9.80 Å². The van der Waals surface area contributed by atoms with Gasteiger partial charge in [-0.3, -0.25) is 9.59 Å². The third-order valence-electron chi connectivity index (χ3n) is 5.63. The number of hydrogen-bond donors (Lipinski definition) is 1. The summed E-state index contributed by atoms with van der Waals surface area (Å²) in [5.74, 6) is 0.352. The van der Waals surface area contributed by atoms with Crippen molar-refractivity contribution < 1.29 is 9.59 Å². The van der Waals surface area contributed by atoms with Gasteiger partial charge in [0, 0.05) is 36.3 Å². The summed E-state index contributed by atoms with van der Waals surface area (Å²) in [6.07, 6.45) is 6.71. The molecule has 3 aliphatic rings. The zero-order valence-electron chi connectivity index (χ0n) is 14.7. The molecule has 2 aliphatic heterocycles. The Kier molecular flexibility index (Phi) is 4.75. The predicted octanol–water partition coefficient (Wildman–Crippen LogP) is 2.74. The molecule has 1 N–H and O–H groups in total. The van der Waals surface area contributed by atoms with E-state index in [4.69, 9.17) is 0 Å². The number of hydrogen-bond acceptors (Lipinski definition) is 3. The van der Waals surface area contributed by atoms with E-state index in [2.05, 4.69) is 10.2 Å². The van der Waals surface area contributed by atoms with Crippen LogP contribution >= 0.6 is 0 Å². The Morgan fingerprint density at radius 3 is 2.60 bits per heavy atom. The summed E-state index contributed by atoms with van der Waals surface area (Å²) in [6, 6.07) is 7.74. The van der Waals surface area contributed by atoms with Gasteiger partial charge in [-0.1, -0.05) is 6.07 Å². The molecule has 1 saturated carbocycles. The van der Waals surface area contributed by atoms with Crippen molar-refractivity contribution in [3.05, 3.63) is 29.8 Å². The van der Waals surface area contributed by atoms with E-state index in [9.17, 15) is 9.59 Å². The second kappa shape index (κ2) is 7.16. The Labute approximate surface area is 149 Å². The van der Waals surface area contributed by atoms with Gasteiger partial charge in [0.25, 0.3) is 5.91 Å².